The van der Waals surface area contributed by atoms with Gasteiger partial charge in [-0.05, 0) is 46.1 Å². The second-order valence-corrected chi connectivity index (χ2v) is 5.85. The summed E-state index contributed by atoms with van der Waals surface area (Å²) in [6.07, 6.45) is 6.17. The van der Waals surface area contributed by atoms with Crippen LogP contribution in [0.4, 0.5) is 0 Å². The number of aliphatic imine (C=N–C) groups is 1. The molecule has 0 bridgehead atoms. The van der Waals surface area contributed by atoms with E-state index in [2.05, 4.69) is 54.7 Å². The van der Waals surface area contributed by atoms with Crippen LogP contribution < -0.4 is 5.32 Å². The predicted molar refractivity (Wildman–Crippen MR) is 106 cm³/mol. The van der Waals surface area contributed by atoms with Gasteiger partial charge in [0, 0.05) is 19.6 Å². The van der Waals surface area contributed by atoms with E-state index in [1.165, 1.54) is 0 Å². The van der Waals surface area contributed by atoms with Gasteiger partial charge in [0.1, 0.15) is 0 Å². The van der Waals surface area contributed by atoms with Crippen LogP contribution in [0.5, 0.6) is 0 Å². The van der Waals surface area contributed by atoms with Gasteiger partial charge in [0.15, 0.2) is 5.84 Å². The third-order valence-electron chi connectivity index (χ3n) is 4.46. The first-order chi connectivity index (χ1) is 11.5. The van der Waals surface area contributed by atoms with E-state index in [4.69, 9.17) is 12.8 Å². The Labute approximate surface area is 149 Å². The summed E-state index contributed by atoms with van der Waals surface area (Å²) in [5, 5.41) is 3.32. The van der Waals surface area contributed by atoms with Crippen LogP contribution in [0.2, 0.25) is 0 Å². The van der Waals surface area contributed by atoms with E-state index in [1.54, 1.807) is 0 Å². The van der Waals surface area contributed by atoms with Gasteiger partial charge in [-0.2, -0.15) is 0 Å². The van der Waals surface area contributed by atoms with Crippen LogP contribution in [0.1, 0.15) is 47.5 Å². The number of rotatable bonds is 2. The highest BCUT2D eigenvalue weighted by Gasteiger charge is 2.33. The molecule has 0 amide bonds. The molecule has 2 radical (unpaired) electrons. The van der Waals surface area contributed by atoms with Gasteiger partial charge in [0.05, 0.1) is 24.9 Å². The van der Waals surface area contributed by atoms with E-state index < -0.39 is 0 Å². The minimum Gasteiger partial charge on any atom is -0.358 e. The Hall–Kier alpha value is -1.49. The number of nitrogens with one attached hydrogen (secondary N) is 1. The van der Waals surface area contributed by atoms with Crippen molar-refractivity contribution in [2.24, 2.45) is 4.99 Å². The van der Waals surface area contributed by atoms with Gasteiger partial charge < -0.3 is 15.1 Å². The standard InChI is InChI=1S/C17H27BN4.C2H6/c1-6-14-15(7-2)22(13-9-10-19-16(18)11-13)12(4)17(20-14)21(5)8-3;1-2/h6-7,13,16,19H,4,8-11H2,1-3,5H3;1-2H3/b14-6+,15-7+;. The summed E-state index contributed by atoms with van der Waals surface area (Å²) in [6, 6.07) is 0.362. The Bertz CT molecular complexity index is 521. The minimum absolute atomic E-state index is 0.0462. The van der Waals surface area contributed by atoms with Crippen LogP contribution in [0.15, 0.2) is 40.8 Å². The van der Waals surface area contributed by atoms with E-state index in [0.717, 1.165) is 48.9 Å². The van der Waals surface area contributed by atoms with Crippen molar-refractivity contribution >= 4 is 13.7 Å². The van der Waals surface area contributed by atoms with Crippen LogP contribution >= 0.6 is 0 Å². The van der Waals surface area contributed by atoms with E-state index in [-0.39, 0.29) is 5.94 Å². The lowest BCUT2D eigenvalue weighted by Gasteiger charge is -2.44. The lowest BCUT2D eigenvalue weighted by molar-refractivity contribution is 0.247. The fraction of sp³-hybridized carbons (Fsp3) is 0.632. The van der Waals surface area contributed by atoms with E-state index in [1.807, 2.05) is 20.8 Å². The molecule has 1 N–H and O–H groups in total. The number of piperidine rings is 1. The van der Waals surface area contributed by atoms with Gasteiger partial charge in [0.2, 0.25) is 0 Å². The smallest absolute Gasteiger partial charge is 0.152 e. The first-order valence-corrected chi connectivity index (χ1v) is 9.13. The normalized spacial score (nSPS) is 27.7. The van der Waals surface area contributed by atoms with Crippen molar-refractivity contribution in [2.45, 2.75) is 59.4 Å². The fourth-order valence-corrected chi connectivity index (χ4v) is 3.15. The average Bonchev–Trinajstić information content (AvgIpc) is 2.62. The minimum atomic E-state index is 0.0462. The maximum atomic E-state index is 6.11. The quantitative estimate of drug-likeness (QED) is 0.790. The highest BCUT2D eigenvalue weighted by Crippen LogP contribution is 2.33. The largest absolute Gasteiger partial charge is 0.358 e. The molecule has 0 aromatic heterocycles. The Morgan fingerprint density at radius 1 is 1.38 bits per heavy atom. The molecule has 24 heavy (non-hydrogen) atoms. The molecular weight excluding hydrogens is 295 g/mol. The van der Waals surface area contributed by atoms with Gasteiger partial charge in [0.25, 0.3) is 0 Å². The van der Waals surface area contributed by atoms with E-state index >= 15 is 0 Å². The van der Waals surface area contributed by atoms with Crippen molar-refractivity contribution in [3.05, 3.63) is 35.8 Å². The van der Waals surface area contributed by atoms with Crippen LogP contribution in [0.25, 0.3) is 0 Å². The van der Waals surface area contributed by atoms with Crippen molar-refractivity contribution in [3.8, 4) is 0 Å². The number of likely N-dealkylation sites (N-methyl/N-ethyl adjacent to an activating group) is 1. The van der Waals surface area contributed by atoms with E-state index in [9.17, 15) is 0 Å². The average molecular weight is 328 g/mol. The first-order valence-electron chi connectivity index (χ1n) is 9.13. The molecule has 0 spiro atoms. The Morgan fingerprint density at radius 2 is 2.04 bits per heavy atom. The number of hydrogen-bond acceptors (Lipinski definition) is 4. The summed E-state index contributed by atoms with van der Waals surface area (Å²) in [4.78, 5) is 9.30. The zero-order chi connectivity index (χ0) is 18.3. The molecule has 0 saturated carbocycles. The molecule has 2 rings (SSSR count). The molecule has 2 heterocycles. The van der Waals surface area contributed by atoms with Crippen molar-refractivity contribution in [3.63, 3.8) is 0 Å². The third-order valence-corrected chi connectivity index (χ3v) is 4.46. The Morgan fingerprint density at radius 3 is 2.54 bits per heavy atom. The Kier molecular flexibility index (Phi) is 8.33. The molecule has 0 aliphatic carbocycles. The van der Waals surface area contributed by atoms with Crippen molar-refractivity contribution in [2.75, 3.05) is 20.1 Å². The summed E-state index contributed by atoms with van der Waals surface area (Å²) in [6.45, 7) is 16.4. The third kappa shape index (κ3) is 4.32. The van der Waals surface area contributed by atoms with Crippen molar-refractivity contribution < 1.29 is 0 Å². The molecule has 0 aromatic carbocycles. The monoisotopic (exact) mass is 328 g/mol. The molecule has 2 unspecified atom stereocenters. The number of nitrogens with zero attached hydrogens (tertiary/aromatic N) is 3. The molecule has 132 valence electrons. The van der Waals surface area contributed by atoms with Gasteiger partial charge in [-0.25, -0.2) is 4.99 Å². The maximum Gasteiger partial charge on any atom is 0.152 e. The SMILES string of the molecule is CC.[B]C1CC(N2C(=C)C(N(C)CC)=NC(=C/C)/C2=C\C)CCN1. The highest BCUT2D eigenvalue weighted by molar-refractivity contribution is 6.11. The Balaban J connectivity index is 0.00000139. The summed E-state index contributed by atoms with van der Waals surface area (Å²) < 4.78 is 0. The molecule has 5 heteroatoms. The van der Waals surface area contributed by atoms with Crippen LogP contribution in [0, 0.1) is 0 Å². The number of amidine groups is 1. The lowest BCUT2D eigenvalue weighted by atomic mass is 9.84. The molecular formula is C19H33BN4. The van der Waals surface area contributed by atoms with Gasteiger partial charge in [-0.1, -0.05) is 32.6 Å². The molecule has 2 atom stereocenters. The van der Waals surface area contributed by atoms with Crippen molar-refractivity contribution in [1.82, 2.24) is 15.1 Å². The van der Waals surface area contributed by atoms with Crippen LogP contribution in [0.3, 0.4) is 0 Å². The second kappa shape index (κ2) is 9.72. The topological polar surface area (TPSA) is 30.9 Å². The highest BCUT2D eigenvalue weighted by atomic mass is 15.3. The molecule has 4 nitrogen and oxygen atoms in total. The summed E-state index contributed by atoms with van der Waals surface area (Å²) in [5.41, 5.74) is 3.12. The maximum absolute atomic E-state index is 6.11. The fourth-order valence-electron chi connectivity index (χ4n) is 3.15. The van der Waals surface area contributed by atoms with Gasteiger partial charge >= 0.3 is 0 Å². The van der Waals surface area contributed by atoms with Crippen molar-refractivity contribution in [1.29, 1.82) is 0 Å². The van der Waals surface area contributed by atoms with Crippen LogP contribution in [-0.2, 0) is 0 Å². The predicted octanol–water partition coefficient (Wildman–Crippen LogP) is 3.25. The summed E-state index contributed by atoms with van der Waals surface area (Å²) >= 11 is 0. The number of hydrogen-bond donors (Lipinski definition) is 1. The first kappa shape index (κ1) is 20.6. The van der Waals surface area contributed by atoms with Gasteiger partial charge in [-0.3, -0.25) is 0 Å². The second-order valence-electron chi connectivity index (χ2n) is 5.85. The summed E-state index contributed by atoms with van der Waals surface area (Å²) in [7, 11) is 8.17. The zero-order valence-electron chi connectivity index (χ0n) is 16.3. The molecule has 2 aliphatic rings. The molecule has 2 aliphatic heterocycles. The number of allylic oxidation sites excluding steroid dienone is 2. The van der Waals surface area contributed by atoms with E-state index in [0.29, 0.717) is 6.04 Å². The zero-order valence-corrected chi connectivity index (χ0v) is 16.3. The van der Waals surface area contributed by atoms with Gasteiger partial charge in [-0.15, -0.1) is 0 Å². The lowest BCUT2D eigenvalue weighted by Crippen LogP contribution is -2.50. The van der Waals surface area contributed by atoms with Crippen LogP contribution in [-0.4, -0.2) is 55.6 Å². The molecule has 0 aromatic rings. The molecule has 1 saturated heterocycles. The summed E-state index contributed by atoms with van der Waals surface area (Å²) in [5.74, 6) is 0.998. The molecule has 1 fully saturated rings.